The van der Waals surface area contributed by atoms with E-state index < -0.39 is 6.10 Å². The first-order valence-corrected chi connectivity index (χ1v) is 4.79. The molecule has 0 aromatic heterocycles. The van der Waals surface area contributed by atoms with Crippen molar-refractivity contribution in [2.45, 2.75) is 12.7 Å². The first-order valence-electron chi connectivity index (χ1n) is 4.79. The van der Waals surface area contributed by atoms with Crippen molar-refractivity contribution in [3.05, 3.63) is 35.1 Å². The maximum absolute atomic E-state index is 13.8. The van der Waals surface area contributed by atoms with Crippen molar-refractivity contribution in [3.8, 4) is 0 Å². The summed E-state index contributed by atoms with van der Waals surface area (Å²) in [4.78, 5) is 0. The molecule has 0 heterocycles. The van der Waals surface area contributed by atoms with Crippen LogP contribution in [0.4, 0.5) is 4.39 Å². The maximum atomic E-state index is 13.8. The molecule has 0 aliphatic rings. The molecule has 0 aliphatic heterocycles. The molecule has 1 aromatic carbocycles. The fraction of sp³-hybridized carbons (Fsp3) is 0.455. The predicted molar refractivity (Wildman–Crippen MR) is 56.0 cm³/mol. The molecule has 0 bridgehead atoms. The molecule has 1 atom stereocenters. The molecule has 15 heavy (non-hydrogen) atoms. The number of nitrogens with one attached hydrogen (secondary N) is 1. The van der Waals surface area contributed by atoms with E-state index in [1.165, 1.54) is 7.11 Å². The molecule has 0 radical (unpaired) electrons. The van der Waals surface area contributed by atoms with Crippen LogP contribution < -0.4 is 5.32 Å². The molecule has 4 heteroatoms. The summed E-state index contributed by atoms with van der Waals surface area (Å²) in [6, 6.07) is 4.94. The molecule has 1 unspecified atom stereocenters. The van der Waals surface area contributed by atoms with Crippen molar-refractivity contribution < 1.29 is 14.2 Å². The molecule has 3 nitrogen and oxygen atoms in total. The smallest absolute Gasteiger partial charge is 0.134 e. The molecule has 0 saturated carbocycles. The highest BCUT2D eigenvalue weighted by atomic mass is 19.1. The molecule has 1 rings (SSSR count). The van der Waals surface area contributed by atoms with E-state index in [1.54, 1.807) is 25.2 Å². The lowest BCUT2D eigenvalue weighted by Gasteiger charge is -2.13. The summed E-state index contributed by atoms with van der Waals surface area (Å²) in [5.41, 5.74) is 0.768. The minimum Gasteiger partial charge on any atom is -0.387 e. The van der Waals surface area contributed by atoms with E-state index in [-0.39, 0.29) is 12.4 Å². The Bertz CT molecular complexity index is 317. The van der Waals surface area contributed by atoms with Crippen molar-refractivity contribution in [1.29, 1.82) is 0 Å². The van der Waals surface area contributed by atoms with Gasteiger partial charge < -0.3 is 15.2 Å². The number of aliphatic hydroxyl groups is 1. The number of rotatable bonds is 5. The van der Waals surface area contributed by atoms with E-state index in [4.69, 9.17) is 4.74 Å². The Hall–Kier alpha value is -0.970. The summed E-state index contributed by atoms with van der Waals surface area (Å²) < 4.78 is 18.6. The molecular formula is C11H16FNO2. The largest absolute Gasteiger partial charge is 0.387 e. The Balaban J connectivity index is 2.92. The zero-order valence-electron chi connectivity index (χ0n) is 8.96. The second kappa shape index (κ2) is 5.80. The Morgan fingerprint density at radius 1 is 1.53 bits per heavy atom. The van der Waals surface area contributed by atoms with Crippen molar-refractivity contribution in [2.24, 2.45) is 0 Å². The van der Waals surface area contributed by atoms with Crippen molar-refractivity contribution in [2.75, 3.05) is 20.7 Å². The fourth-order valence-corrected chi connectivity index (χ4v) is 1.43. The summed E-state index contributed by atoms with van der Waals surface area (Å²) >= 11 is 0. The average Bonchev–Trinajstić information content (AvgIpc) is 2.22. The van der Waals surface area contributed by atoms with Gasteiger partial charge >= 0.3 is 0 Å². The van der Waals surface area contributed by atoms with Crippen LogP contribution in [0, 0.1) is 5.82 Å². The van der Waals surface area contributed by atoms with Gasteiger partial charge in [0, 0.05) is 24.8 Å². The Labute approximate surface area is 88.9 Å². The zero-order valence-corrected chi connectivity index (χ0v) is 8.96. The Kier molecular flexibility index (Phi) is 4.68. The van der Waals surface area contributed by atoms with Crippen LogP contribution in [0.2, 0.25) is 0 Å². The third kappa shape index (κ3) is 2.99. The number of aliphatic hydroxyl groups excluding tert-OH is 1. The van der Waals surface area contributed by atoms with Crippen LogP contribution >= 0.6 is 0 Å². The maximum Gasteiger partial charge on any atom is 0.134 e. The van der Waals surface area contributed by atoms with Crippen molar-refractivity contribution in [1.82, 2.24) is 5.32 Å². The second-order valence-corrected chi connectivity index (χ2v) is 3.33. The van der Waals surface area contributed by atoms with Crippen LogP contribution in [-0.4, -0.2) is 25.8 Å². The van der Waals surface area contributed by atoms with Gasteiger partial charge in [-0.2, -0.15) is 0 Å². The van der Waals surface area contributed by atoms with Gasteiger partial charge in [-0.15, -0.1) is 0 Å². The number of benzene rings is 1. The molecule has 0 saturated heterocycles. The first kappa shape index (κ1) is 12.1. The van der Waals surface area contributed by atoms with E-state index in [1.807, 2.05) is 0 Å². The number of halogens is 1. The summed E-state index contributed by atoms with van der Waals surface area (Å²) in [7, 11) is 3.22. The standard InChI is InChI=1S/C11H16FNO2/c1-13-6-10(14)9-5-3-4-8(7-15-2)11(9)12/h3-5,10,13-14H,6-7H2,1-2H3. The van der Waals surface area contributed by atoms with Crippen molar-refractivity contribution in [3.63, 3.8) is 0 Å². The highest BCUT2D eigenvalue weighted by Gasteiger charge is 2.14. The molecule has 0 amide bonds. The van der Waals surface area contributed by atoms with Crippen LogP contribution in [0.25, 0.3) is 0 Å². The number of methoxy groups -OCH3 is 1. The summed E-state index contributed by atoms with van der Waals surface area (Å²) in [6.07, 6.45) is -0.827. The third-order valence-electron chi connectivity index (χ3n) is 2.16. The minimum atomic E-state index is -0.827. The van der Waals surface area contributed by atoms with E-state index in [0.717, 1.165) is 0 Å². The lowest BCUT2D eigenvalue weighted by Crippen LogP contribution is -2.18. The number of hydrogen-bond donors (Lipinski definition) is 2. The molecule has 0 aliphatic carbocycles. The fourth-order valence-electron chi connectivity index (χ4n) is 1.43. The van der Waals surface area contributed by atoms with Crippen LogP contribution in [0.1, 0.15) is 17.2 Å². The van der Waals surface area contributed by atoms with Gasteiger partial charge in [-0.05, 0) is 7.05 Å². The lowest BCUT2D eigenvalue weighted by molar-refractivity contribution is 0.167. The topological polar surface area (TPSA) is 41.5 Å². The minimum absolute atomic E-state index is 0.214. The Morgan fingerprint density at radius 2 is 2.27 bits per heavy atom. The van der Waals surface area contributed by atoms with Crippen LogP contribution in [0.15, 0.2) is 18.2 Å². The van der Waals surface area contributed by atoms with Gasteiger partial charge in [-0.25, -0.2) is 4.39 Å². The van der Waals surface area contributed by atoms with Gasteiger partial charge in [-0.1, -0.05) is 18.2 Å². The predicted octanol–water partition coefficient (Wildman–Crippen LogP) is 1.22. The van der Waals surface area contributed by atoms with Gasteiger partial charge in [0.25, 0.3) is 0 Å². The number of ether oxygens (including phenoxy) is 1. The van der Waals surface area contributed by atoms with Crippen molar-refractivity contribution >= 4 is 0 Å². The van der Waals surface area contributed by atoms with Gasteiger partial charge in [0.2, 0.25) is 0 Å². The van der Waals surface area contributed by atoms with E-state index in [0.29, 0.717) is 17.7 Å². The summed E-state index contributed by atoms with van der Waals surface area (Å²) in [5, 5.41) is 12.4. The molecule has 84 valence electrons. The average molecular weight is 213 g/mol. The lowest BCUT2D eigenvalue weighted by atomic mass is 10.1. The van der Waals surface area contributed by atoms with E-state index in [2.05, 4.69) is 5.32 Å². The highest BCUT2D eigenvalue weighted by molar-refractivity contribution is 5.27. The zero-order chi connectivity index (χ0) is 11.3. The third-order valence-corrected chi connectivity index (χ3v) is 2.16. The molecule has 0 spiro atoms. The van der Waals surface area contributed by atoms with Gasteiger partial charge in [0.05, 0.1) is 12.7 Å². The van der Waals surface area contributed by atoms with Gasteiger partial charge in [0.15, 0.2) is 0 Å². The summed E-state index contributed by atoms with van der Waals surface area (Å²) in [6.45, 7) is 0.541. The van der Waals surface area contributed by atoms with Crippen LogP contribution in [0.5, 0.6) is 0 Å². The molecule has 1 aromatic rings. The van der Waals surface area contributed by atoms with Gasteiger partial charge in [-0.3, -0.25) is 0 Å². The van der Waals surface area contributed by atoms with E-state index in [9.17, 15) is 9.50 Å². The quantitative estimate of drug-likeness (QED) is 0.773. The molecule has 2 N–H and O–H groups in total. The number of likely N-dealkylation sites (N-methyl/N-ethyl adjacent to an activating group) is 1. The first-order chi connectivity index (χ1) is 7.20. The normalized spacial score (nSPS) is 12.8. The van der Waals surface area contributed by atoms with Crippen LogP contribution in [0.3, 0.4) is 0 Å². The highest BCUT2D eigenvalue weighted by Crippen LogP contribution is 2.20. The summed E-state index contributed by atoms with van der Waals surface area (Å²) in [5.74, 6) is -0.387. The monoisotopic (exact) mass is 213 g/mol. The SMILES string of the molecule is CNCC(O)c1cccc(COC)c1F. The number of hydrogen-bond acceptors (Lipinski definition) is 3. The van der Waals surface area contributed by atoms with Crippen LogP contribution in [-0.2, 0) is 11.3 Å². The van der Waals surface area contributed by atoms with E-state index >= 15 is 0 Å². The van der Waals surface area contributed by atoms with Gasteiger partial charge in [0.1, 0.15) is 5.82 Å². The molecule has 0 fully saturated rings. The Morgan fingerprint density at radius 3 is 2.87 bits per heavy atom. The second-order valence-electron chi connectivity index (χ2n) is 3.33. The molecular weight excluding hydrogens is 197 g/mol.